The van der Waals surface area contributed by atoms with Crippen LogP contribution in [0.5, 0.6) is 0 Å². The van der Waals surface area contributed by atoms with Crippen LogP contribution in [-0.4, -0.2) is 34.0 Å². The van der Waals surface area contributed by atoms with Crippen LogP contribution < -0.4 is 10.6 Å². The maximum atomic E-state index is 12.8. The summed E-state index contributed by atoms with van der Waals surface area (Å²) in [5.74, 6) is -0.351. The van der Waals surface area contributed by atoms with Crippen molar-refractivity contribution in [3.8, 4) is 11.1 Å². The van der Waals surface area contributed by atoms with Gasteiger partial charge in [-0.25, -0.2) is 4.79 Å². The monoisotopic (exact) mass is 534 g/mol. The molecule has 2 aromatic heterocycles. The number of esters is 1. The molecule has 170 valence electrons. The highest BCUT2D eigenvalue weighted by Gasteiger charge is 2.24. The third-order valence-corrected chi connectivity index (χ3v) is 7.39. The SMILES string of the molecule is CCOC(=O)c1c(NC(=S)NCCCn2nc(C)c(Br)c2C)sc(C)c1-c1ccccc1. The summed E-state index contributed by atoms with van der Waals surface area (Å²) in [5, 5.41) is 12.1. The van der Waals surface area contributed by atoms with Crippen molar-refractivity contribution in [1.82, 2.24) is 15.1 Å². The Morgan fingerprint density at radius 1 is 1.25 bits per heavy atom. The fourth-order valence-electron chi connectivity index (χ4n) is 3.45. The standard InChI is InChI=1S/C23H27BrN4O2S2/c1-5-30-22(29)19-18(17-10-7-6-8-11-17)16(4)32-21(19)26-23(31)25-12-9-13-28-15(3)20(24)14(2)27-28/h6-8,10-11H,5,9,12-13H2,1-4H3,(H2,25,26,31). The Bertz CT molecular complexity index is 1110. The second-order valence-corrected chi connectivity index (χ2v) is 9.69. The van der Waals surface area contributed by atoms with Gasteiger partial charge in [0.25, 0.3) is 0 Å². The fourth-order valence-corrected chi connectivity index (χ4v) is 5.08. The molecular formula is C23H27BrN4O2S2. The third-order valence-electron chi connectivity index (χ3n) is 4.98. The first kappa shape index (κ1) is 24.4. The summed E-state index contributed by atoms with van der Waals surface area (Å²) in [7, 11) is 0. The number of hydrogen-bond donors (Lipinski definition) is 2. The van der Waals surface area contributed by atoms with Crippen molar-refractivity contribution >= 4 is 55.6 Å². The first-order valence-corrected chi connectivity index (χ1v) is 12.5. The number of aryl methyl sites for hydroxylation is 3. The van der Waals surface area contributed by atoms with Gasteiger partial charge in [-0.2, -0.15) is 5.10 Å². The maximum Gasteiger partial charge on any atom is 0.341 e. The van der Waals surface area contributed by atoms with E-state index in [2.05, 4.69) is 31.7 Å². The topological polar surface area (TPSA) is 68.2 Å². The van der Waals surface area contributed by atoms with Crippen LogP contribution in [0, 0.1) is 20.8 Å². The molecule has 3 rings (SSSR count). The van der Waals surface area contributed by atoms with Gasteiger partial charge in [-0.3, -0.25) is 4.68 Å². The van der Waals surface area contributed by atoms with Crippen molar-refractivity contribution in [2.45, 2.75) is 40.7 Å². The molecule has 6 nitrogen and oxygen atoms in total. The van der Waals surface area contributed by atoms with Gasteiger partial charge in [0.1, 0.15) is 10.6 Å². The zero-order chi connectivity index (χ0) is 23.3. The number of hydrogen-bond acceptors (Lipinski definition) is 5. The van der Waals surface area contributed by atoms with Crippen LogP contribution >= 0.6 is 39.5 Å². The molecule has 0 saturated heterocycles. The van der Waals surface area contributed by atoms with Crippen molar-refractivity contribution < 1.29 is 9.53 Å². The van der Waals surface area contributed by atoms with Crippen LogP contribution in [0.2, 0.25) is 0 Å². The van der Waals surface area contributed by atoms with E-state index in [9.17, 15) is 4.79 Å². The Balaban J connectivity index is 1.68. The zero-order valence-electron chi connectivity index (χ0n) is 18.6. The van der Waals surface area contributed by atoms with Gasteiger partial charge in [-0.15, -0.1) is 11.3 Å². The average molecular weight is 536 g/mol. The lowest BCUT2D eigenvalue weighted by atomic mass is 10.0. The molecule has 1 aromatic carbocycles. The van der Waals surface area contributed by atoms with Gasteiger partial charge in [0, 0.05) is 29.2 Å². The summed E-state index contributed by atoms with van der Waals surface area (Å²) >= 11 is 10.6. The zero-order valence-corrected chi connectivity index (χ0v) is 21.8. The summed E-state index contributed by atoms with van der Waals surface area (Å²) in [4.78, 5) is 13.8. The summed E-state index contributed by atoms with van der Waals surface area (Å²) < 4.78 is 8.39. The lowest BCUT2D eigenvalue weighted by Gasteiger charge is -2.12. The van der Waals surface area contributed by atoms with E-state index in [1.165, 1.54) is 11.3 Å². The number of rotatable bonds is 8. The Labute approximate surface area is 206 Å². The van der Waals surface area contributed by atoms with Crippen LogP contribution in [0.3, 0.4) is 0 Å². The quantitative estimate of drug-likeness (QED) is 0.214. The minimum atomic E-state index is -0.351. The molecule has 0 unspecified atom stereocenters. The number of ether oxygens (including phenoxy) is 1. The first-order valence-electron chi connectivity index (χ1n) is 10.4. The Hall–Kier alpha value is -2.23. The lowest BCUT2D eigenvalue weighted by Crippen LogP contribution is -2.30. The number of carbonyl (C=O) groups is 1. The van der Waals surface area contributed by atoms with Gasteiger partial charge in [0.2, 0.25) is 0 Å². The summed E-state index contributed by atoms with van der Waals surface area (Å²) in [6.45, 7) is 9.63. The molecule has 0 amide bonds. The normalized spacial score (nSPS) is 10.8. The van der Waals surface area contributed by atoms with Gasteiger partial charge in [0.15, 0.2) is 5.11 Å². The molecule has 0 fully saturated rings. The van der Waals surface area contributed by atoms with Crippen LogP contribution in [0.15, 0.2) is 34.8 Å². The van der Waals surface area contributed by atoms with Crippen LogP contribution in [-0.2, 0) is 11.3 Å². The van der Waals surface area contributed by atoms with E-state index in [0.29, 0.717) is 28.8 Å². The van der Waals surface area contributed by atoms with E-state index in [0.717, 1.165) is 44.8 Å². The molecular weight excluding hydrogens is 508 g/mol. The molecule has 0 saturated carbocycles. The van der Waals surface area contributed by atoms with E-state index in [1.807, 2.05) is 55.8 Å². The second kappa shape index (κ2) is 11.1. The van der Waals surface area contributed by atoms with Crippen molar-refractivity contribution in [2.24, 2.45) is 0 Å². The van der Waals surface area contributed by atoms with Gasteiger partial charge < -0.3 is 15.4 Å². The lowest BCUT2D eigenvalue weighted by molar-refractivity contribution is 0.0529. The van der Waals surface area contributed by atoms with Crippen LogP contribution in [0.1, 0.15) is 40.0 Å². The van der Waals surface area contributed by atoms with E-state index >= 15 is 0 Å². The molecule has 9 heteroatoms. The molecule has 0 aliphatic carbocycles. The van der Waals surface area contributed by atoms with Crippen LogP contribution in [0.25, 0.3) is 11.1 Å². The number of halogens is 1. The minimum Gasteiger partial charge on any atom is -0.462 e. The highest BCUT2D eigenvalue weighted by molar-refractivity contribution is 9.10. The molecule has 3 aromatic rings. The predicted octanol–water partition coefficient (Wildman–Crippen LogP) is 5.85. The Morgan fingerprint density at radius 3 is 2.59 bits per heavy atom. The highest BCUT2D eigenvalue weighted by atomic mass is 79.9. The van der Waals surface area contributed by atoms with E-state index in [1.54, 1.807) is 6.92 Å². The van der Waals surface area contributed by atoms with Gasteiger partial charge >= 0.3 is 5.97 Å². The molecule has 2 heterocycles. The number of thiophene rings is 1. The van der Waals surface area contributed by atoms with Crippen molar-refractivity contribution in [1.29, 1.82) is 0 Å². The van der Waals surface area contributed by atoms with E-state index < -0.39 is 0 Å². The number of benzene rings is 1. The van der Waals surface area contributed by atoms with E-state index in [-0.39, 0.29) is 5.97 Å². The molecule has 0 aliphatic rings. The highest BCUT2D eigenvalue weighted by Crippen LogP contribution is 2.40. The maximum absolute atomic E-state index is 12.8. The van der Waals surface area contributed by atoms with Crippen molar-refractivity contribution in [3.05, 3.63) is 56.6 Å². The van der Waals surface area contributed by atoms with Crippen molar-refractivity contribution in [2.75, 3.05) is 18.5 Å². The molecule has 32 heavy (non-hydrogen) atoms. The summed E-state index contributed by atoms with van der Waals surface area (Å²) in [6.07, 6.45) is 0.861. The Morgan fingerprint density at radius 2 is 1.97 bits per heavy atom. The number of nitrogens with one attached hydrogen (secondary N) is 2. The number of anilines is 1. The molecule has 0 atom stereocenters. The van der Waals surface area contributed by atoms with Gasteiger partial charge in [0.05, 0.1) is 16.8 Å². The number of carbonyl (C=O) groups excluding carboxylic acids is 1. The largest absolute Gasteiger partial charge is 0.462 e. The summed E-state index contributed by atoms with van der Waals surface area (Å²) in [6, 6.07) is 9.87. The van der Waals surface area contributed by atoms with Gasteiger partial charge in [-0.05, 0) is 67.8 Å². The molecule has 0 radical (unpaired) electrons. The minimum absolute atomic E-state index is 0.312. The van der Waals surface area contributed by atoms with E-state index in [4.69, 9.17) is 17.0 Å². The number of aromatic nitrogens is 2. The van der Waals surface area contributed by atoms with Gasteiger partial charge in [-0.1, -0.05) is 30.3 Å². The second-order valence-electron chi connectivity index (χ2n) is 7.27. The smallest absolute Gasteiger partial charge is 0.341 e. The predicted molar refractivity (Wildman–Crippen MR) is 139 cm³/mol. The Kier molecular flexibility index (Phi) is 8.44. The number of thiocarbonyl (C=S) groups is 1. The molecule has 2 N–H and O–H groups in total. The fraction of sp³-hybridized carbons (Fsp3) is 0.348. The summed E-state index contributed by atoms with van der Waals surface area (Å²) in [5.41, 5.74) is 4.49. The average Bonchev–Trinajstić information content (AvgIpc) is 3.22. The van der Waals surface area contributed by atoms with Crippen LogP contribution in [0.4, 0.5) is 5.00 Å². The molecule has 0 aliphatic heterocycles. The van der Waals surface area contributed by atoms with Crippen molar-refractivity contribution in [3.63, 3.8) is 0 Å². The third kappa shape index (κ3) is 5.57. The number of nitrogens with zero attached hydrogens (tertiary/aromatic N) is 2. The molecule has 0 bridgehead atoms. The first-order chi connectivity index (χ1) is 15.3. The molecule has 0 spiro atoms.